The van der Waals surface area contributed by atoms with Crippen molar-refractivity contribution in [3.8, 4) is 10.6 Å². The van der Waals surface area contributed by atoms with E-state index in [0.717, 1.165) is 15.6 Å². The number of halogens is 1. The van der Waals surface area contributed by atoms with Crippen LogP contribution in [-0.4, -0.2) is 13.4 Å². The van der Waals surface area contributed by atoms with E-state index in [-0.39, 0.29) is 10.7 Å². The average Bonchev–Trinajstić information content (AvgIpc) is 3.09. The second kappa shape index (κ2) is 6.27. The molecule has 0 aliphatic rings. The van der Waals surface area contributed by atoms with Crippen LogP contribution in [0, 0.1) is 26.6 Å². The molecule has 2 heterocycles. The standard InChI is InChI=1S/C16H15FN2O2S3/c1-9-6-12(4-5-13(9)17)19-24(20,21)16-7-15(23-10(16)2)14-8-22-11(3)18-14/h4-8,19H,1-3H3. The minimum atomic E-state index is -3.74. The Morgan fingerprint density at radius 2 is 1.92 bits per heavy atom. The lowest BCUT2D eigenvalue weighted by atomic mass is 10.2. The summed E-state index contributed by atoms with van der Waals surface area (Å²) in [5, 5.41) is 2.84. The van der Waals surface area contributed by atoms with Gasteiger partial charge < -0.3 is 0 Å². The van der Waals surface area contributed by atoms with Gasteiger partial charge in [0.2, 0.25) is 0 Å². The number of nitrogens with zero attached hydrogens (tertiary/aromatic N) is 1. The Balaban J connectivity index is 1.95. The van der Waals surface area contributed by atoms with Crippen molar-refractivity contribution in [2.75, 3.05) is 4.72 Å². The van der Waals surface area contributed by atoms with Gasteiger partial charge in [-0.15, -0.1) is 22.7 Å². The maximum Gasteiger partial charge on any atom is 0.263 e. The van der Waals surface area contributed by atoms with E-state index < -0.39 is 10.0 Å². The maximum atomic E-state index is 13.3. The Morgan fingerprint density at radius 3 is 2.54 bits per heavy atom. The highest BCUT2D eigenvalue weighted by molar-refractivity contribution is 7.93. The number of anilines is 1. The topological polar surface area (TPSA) is 59.1 Å². The van der Waals surface area contributed by atoms with Gasteiger partial charge in [-0.1, -0.05) is 0 Å². The molecule has 2 aromatic heterocycles. The minimum Gasteiger partial charge on any atom is -0.280 e. The van der Waals surface area contributed by atoms with E-state index in [0.29, 0.717) is 16.1 Å². The number of thiophene rings is 1. The third kappa shape index (κ3) is 3.35. The summed E-state index contributed by atoms with van der Waals surface area (Å²) >= 11 is 2.91. The second-order valence-corrected chi connectivity index (χ2v) is 9.32. The van der Waals surface area contributed by atoms with Crippen LogP contribution in [0.3, 0.4) is 0 Å². The van der Waals surface area contributed by atoms with E-state index in [4.69, 9.17) is 0 Å². The molecule has 3 rings (SSSR count). The number of aromatic nitrogens is 1. The molecule has 0 aliphatic heterocycles. The molecule has 0 radical (unpaired) electrons. The van der Waals surface area contributed by atoms with Crippen LogP contribution in [0.1, 0.15) is 15.4 Å². The van der Waals surface area contributed by atoms with E-state index in [2.05, 4.69) is 9.71 Å². The van der Waals surface area contributed by atoms with Gasteiger partial charge >= 0.3 is 0 Å². The molecule has 0 atom stereocenters. The van der Waals surface area contributed by atoms with Crippen molar-refractivity contribution in [2.24, 2.45) is 0 Å². The van der Waals surface area contributed by atoms with Gasteiger partial charge in [-0.25, -0.2) is 17.8 Å². The van der Waals surface area contributed by atoms with Crippen LogP contribution in [0.4, 0.5) is 10.1 Å². The van der Waals surface area contributed by atoms with Gasteiger partial charge in [0.15, 0.2) is 0 Å². The molecule has 0 fully saturated rings. The van der Waals surface area contributed by atoms with Gasteiger partial charge in [-0.2, -0.15) is 0 Å². The predicted octanol–water partition coefficient (Wildman–Crippen LogP) is 4.74. The molecule has 0 amide bonds. The zero-order chi connectivity index (χ0) is 17.5. The average molecular weight is 383 g/mol. The fourth-order valence-corrected chi connectivity index (χ4v) is 5.54. The van der Waals surface area contributed by atoms with Crippen molar-refractivity contribution in [1.82, 2.24) is 4.98 Å². The number of hydrogen-bond donors (Lipinski definition) is 1. The van der Waals surface area contributed by atoms with Crippen LogP contribution in [0.5, 0.6) is 0 Å². The highest BCUT2D eigenvalue weighted by Gasteiger charge is 2.21. The van der Waals surface area contributed by atoms with Crippen LogP contribution in [0.2, 0.25) is 0 Å². The first-order chi connectivity index (χ1) is 11.3. The summed E-state index contributed by atoms with van der Waals surface area (Å²) in [6.07, 6.45) is 0. The molecule has 0 unspecified atom stereocenters. The van der Waals surface area contributed by atoms with Crippen LogP contribution < -0.4 is 4.72 Å². The van der Waals surface area contributed by atoms with Crippen molar-refractivity contribution in [1.29, 1.82) is 0 Å². The molecule has 4 nitrogen and oxygen atoms in total. The number of rotatable bonds is 4. The number of thiazole rings is 1. The number of sulfonamides is 1. The lowest BCUT2D eigenvalue weighted by Gasteiger charge is -2.08. The van der Waals surface area contributed by atoms with E-state index in [9.17, 15) is 12.8 Å². The number of nitrogens with one attached hydrogen (secondary N) is 1. The van der Waals surface area contributed by atoms with Crippen LogP contribution in [0.25, 0.3) is 10.6 Å². The van der Waals surface area contributed by atoms with E-state index >= 15 is 0 Å². The second-order valence-electron chi connectivity index (χ2n) is 5.35. The summed E-state index contributed by atoms with van der Waals surface area (Å²) in [5.74, 6) is -0.370. The van der Waals surface area contributed by atoms with E-state index in [1.807, 2.05) is 12.3 Å². The number of benzene rings is 1. The summed E-state index contributed by atoms with van der Waals surface area (Å²) < 4.78 is 41.1. The molecule has 0 saturated carbocycles. The number of aryl methyl sites for hydroxylation is 3. The Morgan fingerprint density at radius 1 is 1.17 bits per heavy atom. The first-order valence-electron chi connectivity index (χ1n) is 7.08. The molecule has 1 N–H and O–H groups in total. The third-order valence-electron chi connectivity index (χ3n) is 3.44. The zero-order valence-corrected chi connectivity index (χ0v) is 15.7. The lowest BCUT2D eigenvalue weighted by molar-refractivity contribution is 0.600. The molecule has 0 saturated heterocycles. The highest BCUT2D eigenvalue weighted by atomic mass is 32.2. The van der Waals surface area contributed by atoms with Crippen LogP contribution in [0.15, 0.2) is 34.5 Å². The fourth-order valence-electron chi connectivity index (χ4n) is 2.25. The third-order valence-corrected chi connectivity index (χ3v) is 6.93. The largest absolute Gasteiger partial charge is 0.280 e. The van der Waals surface area contributed by atoms with Gasteiger partial charge in [0.25, 0.3) is 10.0 Å². The molecular formula is C16H15FN2O2S3. The fraction of sp³-hybridized carbons (Fsp3) is 0.188. The summed E-state index contributed by atoms with van der Waals surface area (Å²) in [6, 6.07) is 5.76. The highest BCUT2D eigenvalue weighted by Crippen LogP contribution is 2.34. The van der Waals surface area contributed by atoms with Gasteiger partial charge in [-0.05, 0) is 50.6 Å². The summed E-state index contributed by atoms with van der Waals surface area (Å²) in [5.41, 5.74) is 1.51. The molecule has 0 bridgehead atoms. The van der Waals surface area contributed by atoms with E-state index in [1.54, 1.807) is 19.9 Å². The minimum absolute atomic E-state index is 0.218. The van der Waals surface area contributed by atoms with Crippen molar-refractivity contribution < 1.29 is 12.8 Å². The Labute approximate surface area is 148 Å². The molecule has 1 aromatic carbocycles. The molecular weight excluding hydrogens is 367 g/mol. The Hall–Kier alpha value is -1.77. The summed E-state index contributed by atoms with van der Waals surface area (Å²) in [7, 11) is -3.74. The van der Waals surface area contributed by atoms with Gasteiger partial charge in [0, 0.05) is 15.9 Å². The summed E-state index contributed by atoms with van der Waals surface area (Å²) in [6.45, 7) is 5.26. The van der Waals surface area contributed by atoms with Gasteiger partial charge in [0.1, 0.15) is 10.7 Å². The molecule has 126 valence electrons. The first-order valence-corrected chi connectivity index (χ1v) is 10.3. The summed E-state index contributed by atoms with van der Waals surface area (Å²) in [4.78, 5) is 6.11. The van der Waals surface area contributed by atoms with E-state index in [1.165, 1.54) is 40.9 Å². The predicted molar refractivity (Wildman–Crippen MR) is 96.8 cm³/mol. The quantitative estimate of drug-likeness (QED) is 0.709. The smallest absolute Gasteiger partial charge is 0.263 e. The molecule has 0 spiro atoms. The monoisotopic (exact) mass is 382 g/mol. The maximum absolute atomic E-state index is 13.3. The van der Waals surface area contributed by atoms with Crippen molar-refractivity contribution in [2.45, 2.75) is 25.7 Å². The molecule has 24 heavy (non-hydrogen) atoms. The molecule has 3 aromatic rings. The van der Waals surface area contributed by atoms with Crippen LogP contribution >= 0.6 is 22.7 Å². The van der Waals surface area contributed by atoms with Crippen molar-refractivity contribution in [3.05, 3.63) is 50.9 Å². The first kappa shape index (κ1) is 17.1. The normalized spacial score (nSPS) is 11.7. The van der Waals surface area contributed by atoms with Gasteiger partial charge in [0.05, 0.1) is 15.6 Å². The van der Waals surface area contributed by atoms with Crippen molar-refractivity contribution in [3.63, 3.8) is 0 Å². The lowest BCUT2D eigenvalue weighted by Crippen LogP contribution is -2.13. The van der Waals surface area contributed by atoms with Crippen molar-refractivity contribution >= 4 is 38.4 Å². The van der Waals surface area contributed by atoms with Crippen LogP contribution in [-0.2, 0) is 10.0 Å². The zero-order valence-electron chi connectivity index (χ0n) is 13.3. The SMILES string of the molecule is Cc1nc(-c2cc(S(=O)(=O)Nc3ccc(F)c(C)c3)c(C)s2)cs1. The Kier molecular flexibility index (Phi) is 4.46. The van der Waals surface area contributed by atoms with Gasteiger partial charge in [-0.3, -0.25) is 4.72 Å². The Bertz CT molecular complexity index is 1010. The number of hydrogen-bond acceptors (Lipinski definition) is 5. The molecule has 8 heteroatoms. The molecule has 0 aliphatic carbocycles.